The van der Waals surface area contributed by atoms with Crippen LogP contribution in [0.1, 0.15) is 18.4 Å². The number of hydrogen-bond donors (Lipinski definition) is 2. The number of carbonyl (C=O) groups excluding carboxylic acids is 1. The number of nitrogens with zero attached hydrogens (tertiary/aromatic N) is 1. The maximum Gasteiger partial charge on any atom is 0.321 e. The molecule has 1 aliphatic carbocycles. The highest BCUT2D eigenvalue weighted by molar-refractivity contribution is 7.22. The lowest BCUT2D eigenvalue weighted by molar-refractivity contribution is 0.251. The van der Waals surface area contributed by atoms with Gasteiger partial charge < -0.3 is 10.1 Å². The minimum absolute atomic E-state index is 0.182. The summed E-state index contributed by atoms with van der Waals surface area (Å²) in [5, 5.41) is 6.26. The minimum atomic E-state index is -0.182. The number of rotatable bonds is 3. The Hall–Kier alpha value is -1.82. The van der Waals surface area contributed by atoms with E-state index in [4.69, 9.17) is 4.74 Å². The van der Waals surface area contributed by atoms with Crippen LogP contribution in [0.4, 0.5) is 9.93 Å². The SMILES string of the molecule is COc1ccc(C)c2sc(NC(=O)NC3CC3)nc12. The fourth-order valence-corrected chi connectivity index (χ4v) is 2.82. The van der Waals surface area contributed by atoms with E-state index in [1.807, 2.05) is 19.1 Å². The van der Waals surface area contributed by atoms with Crippen LogP contribution in [0.2, 0.25) is 0 Å². The van der Waals surface area contributed by atoms with Crippen molar-refractivity contribution in [2.45, 2.75) is 25.8 Å². The molecule has 2 amide bonds. The number of hydrogen-bond acceptors (Lipinski definition) is 4. The van der Waals surface area contributed by atoms with E-state index in [9.17, 15) is 4.79 Å². The number of urea groups is 1. The van der Waals surface area contributed by atoms with Gasteiger partial charge in [-0.1, -0.05) is 17.4 Å². The van der Waals surface area contributed by atoms with Gasteiger partial charge in [0.1, 0.15) is 11.3 Å². The molecule has 0 aliphatic heterocycles. The summed E-state index contributed by atoms with van der Waals surface area (Å²) in [6.45, 7) is 2.02. The van der Waals surface area contributed by atoms with E-state index in [0.717, 1.165) is 34.4 Å². The molecule has 0 unspecified atom stereocenters. The summed E-state index contributed by atoms with van der Waals surface area (Å²) in [6.07, 6.45) is 2.14. The van der Waals surface area contributed by atoms with E-state index in [1.165, 1.54) is 11.3 Å². The second-order valence-corrected chi connectivity index (χ2v) is 5.65. The van der Waals surface area contributed by atoms with Gasteiger partial charge in [0, 0.05) is 6.04 Å². The molecule has 2 aromatic rings. The number of nitrogens with one attached hydrogen (secondary N) is 2. The smallest absolute Gasteiger partial charge is 0.321 e. The number of aromatic nitrogens is 1. The molecule has 0 bridgehead atoms. The van der Waals surface area contributed by atoms with Crippen molar-refractivity contribution in [3.63, 3.8) is 0 Å². The number of aryl methyl sites for hydroxylation is 1. The number of carbonyl (C=O) groups is 1. The number of amides is 2. The van der Waals surface area contributed by atoms with Gasteiger partial charge in [0.25, 0.3) is 0 Å². The Morgan fingerprint density at radius 1 is 1.47 bits per heavy atom. The van der Waals surface area contributed by atoms with Crippen molar-refractivity contribution < 1.29 is 9.53 Å². The monoisotopic (exact) mass is 277 g/mol. The van der Waals surface area contributed by atoms with Crippen molar-refractivity contribution in [1.82, 2.24) is 10.3 Å². The lowest BCUT2D eigenvalue weighted by Gasteiger charge is -2.02. The Bertz CT molecular complexity index is 634. The minimum Gasteiger partial charge on any atom is -0.494 e. The molecule has 5 nitrogen and oxygen atoms in total. The van der Waals surface area contributed by atoms with Gasteiger partial charge in [0.2, 0.25) is 0 Å². The van der Waals surface area contributed by atoms with Gasteiger partial charge >= 0.3 is 6.03 Å². The molecule has 19 heavy (non-hydrogen) atoms. The van der Waals surface area contributed by atoms with E-state index in [1.54, 1.807) is 7.11 Å². The van der Waals surface area contributed by atoms with E-state index in [0.29, 0.717) is 11.2 Å². The second-order valence-electron chi connectivity index (χ2n) is 4.65. The fourth-order valence-electron chi connectivity index (χ4n) is 1.87. The van der Waals surface area contributed by atoms with E-state index in [2.05, 4.69) is 15.6 Å². The van der Waals surface area contributed by atoms with Crippen LogP contribution in [-0.4, -0.2) is 24.2 Å². The van der Waals surface area contributed by atoms with Gasteiger partial charge in [0.15, 0.2) is 5.13 Å². The van der Waals surface area contributed by atoms with Crippen LogP contribution in [0.15, 0.2) is 12.1 Å². The van der Waals surface area contributed by atoms with Crippen molar-refractivity contribution >= 4 is 32.7 Å². The Morgan fingerprint density at radius 3 is 2.95 bits per heavy atom. The lowest BCUT2D eigenvalue weighted by atomic mass is 10.2. The first kappa shape index (κ1) is 12.2. The summed E-state index contributed by atoms with van der Waals surface area (Å²) in [4.78, 5) is 16.1. The van der Waals surface area contributed by atoms with Crippen LogP contribution < -0.4 is 15.4 Å². The average molecular weight is 277 g/mol. The molecule has 1 aromatic carbocycles. The Labute approximate surface area is 115 Å². The van der Waals surface area contributed by atoms with Crippen molar-refractivity contribution in [2.75, 3.05) is 12.4 Å². The van der Waals surface area contributed by atoms with Crippen LogP contribution in [0.3, 0.4) is 0 Å². The topological polar surface area (TPSA) is 63.2 Å². The third-order valence-electron chi connectivity index (χ3n) is 3.06. The summed E-state index contributed by atoms with van der Waals surface area (Å²) in [5.41, 5.74) is 1.93. The maximum atomic E-state index is 11.7. The average Bonchev–Trinajstić information content (AvgIpc) is 3.07. The van der Waals surface area contributed by atoms with Gasteiger partial charge in [0.05, 0.1) is 11.8 Å². The molecular weight excluding hydrogens is 262 g/mol. The number of anilines is 1. The summed E-state index contributed by atoms with van der Waals surface area (Å²) >= 11 is 1.47. The highest BCUT2D eigenvalue weighted by Crippen LogP contribution is 2.34. The third-order valence-corrected chi connectivity index (χ3v) is 4.16. The molecule has 1 aromatic heterocycles. The van der Waals surface area contributed by atoms with Crippen molar-refractivity contribution in [3.8, 4) is 5.75 Å². The normalized spacial score (nSPS) is 14.4. The predicted molar refractivity (Wildman–Crippen MR) is 76.1 cm³/mol. The summed E-state index contributed by atoms with van der Waals surface area (Å²) in [5.74, 6) is 0.729. The van der Waals surface area contributed by atoms with E-state index >= 15 is 0 Å². The standard InChI is InChI=1S/C13H15N3O2S/c1-7-3-6-9(18-2)10-11(7)19-13(15-10)16-12(17)14-8-4-5-8/h3,6,8H,4-5H2,1-2H3,(H2,14,15,16,17). The van der Waals surface area contributed by atoms with Crippen molar-refractivity contribution in [2.24, 2.45) is 0 Å². The van der Waals surface area contributed by atoms with Crippen LogP contribution in [0, 0.1) is 6.92 Å². The summed E-state index contributed by atoms with van der Waals surface area (Å²) < 4.78 is 6.33. The highest BCUT2D eigenvalue weighted by Gasteiger charge is 2.23. The molecule has 0 spiro atoms. The van der Waals surface area contributed by atoms with Gasteiger partial charge in [-0.05, 0) is 31.4 Å². The highest BCUT2D eigenvalue weighted by atomic mass is 32.1. The van der Waals surface area contributed by atoms with Crippen molar-refractivity contribution in [3.05, 3.63) is 17.7 Å². The van der Waals surface area contributed by atoms with E-state index in [-0.39, 0.29) is 6.03 Å². The Kier molecular flexibility index (Phi) is 3.02. The predicted octanol–water partition coefficient (Wildman–Crippen LogP) is 2.90. The number of ether oxygens (including phenoxy) is 1. The van der Waals surface area contributed by atoms with E-state index < -0.39 is 0 Å². The number of benzene rings is 1. The molecule has 3 rings (SSSR count). The first-order chi connectivity index (χ1) is 9.17. The lowest BCUT2D eigenvalue weighted by Crippen LogP contribution is -2.30. The molecule has 0 atom stereocenters. The van der Waals surface area contributed by atoms with Gasteiger partial charge in [-0.3, -0.25) is 5.32 Å². The molecule has 1 fully saturated rings. The largest absolute Gasteiger partial charge is 0.494 e. The van der Waals surface area contributed by atoms with Gasteiger partial charge in [-0.15, -0.1) is 0 Å². The van der Waals surface area contributed by atoms with Crippen LogP contribution in [-0.2, 0) is 0 Å². The Balaban J connectivity index is 1.87. The summed E-state index contributed by atoms with van der Waals surface area (Å²) in [6, 6.07) is 4.04. The third kappa shape index (κ3) is 2.49. The maximum absolute atomic E-state index is 11.7. The zero-order valence-electron chi connectivity index (χ0n) is 10.8. The molecule has 2 N–H and O–H groups in total. The molecule has 6 heteroatoms. The van der Waals surface area contributed by atoms with Crippen LogP contribution in [0.5, 0.6) is 5.75 Å². The fraction of sp³-hybridized carbons (Fsp3) is 0.385. The summed E-state index contributed by atoms with van der Waals surface area (Å²) in [7, 11) is 1.62. The zero-order chi connectivity index (χ0) is 13.4. The van der Waals surface area contributed by atoms with Gasteiger partial charge in [-0.2, -0.15) is 0 Å². The Morgan fingerprint density at radius 2 is 2.26 bits per heavy atom. The number of fused-ring (bicyclic) bond motifs is 1. The molecule has 0 radical (unpaired) electrons. The van der Waals surface area contributed by atoms with Gasteiger partial charge in [-0.25, -0.2) is 9.78 Å². The molecule has 0 saturated heterocycles. The zero-order valence-corrected chi connectivity index (χ0v) is 11.6. The number of thiazole rings is 1. The molecule has 1 aliphatic rings. The molecule has 1 heterocycles. The molecule has 100 valence electrons. The van der Waals surface area contributed by atoms with Crippen molar-refractivity contribution in [1.29, 1.82) is 0 Å². The first-order valence-electron chi connectivity index (χ1n) is 6.19. The molecular formula is C13H15N3O2S. The number of methoxy groups -OCH3 is 1. The van der Waals surface area contributed by atoms with Crippen LogP contribution >= 0.6 is 11.3 Å². The van der Waals surface area contributed by atoms with Crippen LogP contribution in [0.25, 0.3) is 10.2 Å². The quantitative estimate of drug-likeness (QED) is 0.906. The second kappa shape index (κ2) is 4.70. The first-order valence-corrected chi connectivity index (χ1v) is 7.00. The molecule has 1 saturated carbocycles.